The molecule has 3 rings (SSSR count). The largest absolute Gasteiger partial charge is 0.479 e. The number of carbonyl (C=O) groups is 3. The highest BCUT2D eigenvalue weighted by Gasteiger charge is 2.31. The van der Waals surface area contributed by atoms with Crippen LogP contribution in [0.3, 0.4) is 0 Å². The lowest BCUT2D eigenvalue weighted by Crippen LogP contribution is -2.47. The third-order valence-corrected chi connectivity index (χ3v) is 5.65. The van der Waals surface area contributed by atoms with Gasteiger partial charge in [-0.2, -0.15) is 0 Å². The number of amides is 2. The van der Waals surface area contributed by atoms with E-state index in [2.05, 4.69) is 22.8 Å². The number of aliphatic hydroxyl groups is 1. The van der Waals surface area contributed by atoms with E-state index in [9.17, 15) is 19.5 Å². The molecule has 2 unspecified atom stereocenters. The Labute approximate surface area is 191 Å². The van der Waals surface area contributed by atoms with Crippen molar-refractivity contribution >= 4 is 18.0 Å². The quantitative estimate of drug-likeness (QED) is 0.429. The minimum absolute atomic E-state index is 0.0237. The number of hydrogen-bond donors (Lipinski definition) is 4. The minimum atomic E-state index is -2.07. The maximum Gasteiger partial charge on any atom is 0.407 e. The highest BCUT2D eigenvalue weighted by atomic mass is 16.5. The van der Waals surface area contributed by atoms with Gasteiger partial charge in [-0.1, -0.05) is 48.5 Å². The van der Waals surface area contributed by atoms with Gasteiger partial charge in [0.15, 0.2) is 5.60 Å². The lowest BCUT2D eigenvalue weighted by molar-refractivity contribution is -0.156. The van der Waals surface area contributed by atoms with Gasteiger partial charge in [0.2, 0.25) is 5.91 Å². The van der Waals surface area contributed by atoms with Gasteiger partial charge in [-0.15, -0.1) is 0 Å². The van der Waals surface area contributed by atoms with Gasteiger partial charge in [-0.05, 0) is 29.2 Å². The number of nitrogens with one attached hydrogen (secondary N) is 2. The first kappa shape index (κ1) is 24.2. The van der Waals surface area contributed by atoms with Gasteiger partial charge in [0.05, 0.1) is 19.1 Å². The first-order valence-corrected chi connectivity index (χ1v) is 10.6. The van der Waals surface area contributed by atoms with E-state index >= 15 is 0 Å². The van der Waals surface area contributed by atoms with Crippen LogP contribution in [0.2, 0.25) is 0 Å². The molecule has 2 aromatic rings. The Morgan fingerprint density at radius 2 is 1.61 bits per heavy atom. The summed E-state index contributed by atoms with van der Waals surface area (Å²) in [7, 11) is 1.39. The van der Waals surface area contributed by atoms with Crippen molar-refractivity contribution < 1.29 is 34.1 Å². The second kappa shape index (κ2) is 10.5. The molecule has 0 spiro atoms. The highest BCUT2D eigenvalue weighted by Crippen LogP contribution is 2.44. The van der Waals surface area contributed by atoms with E-state index in [0.29, 0.717) is 0 Å². The van der Waals surface area contributed by atoms with E-state index in [1.807, 2.05) is 36.4 Å². The van der Waals surface area contributed by atoms with E-state index in [0.717, 1.165) is 29.2 Å². The molecule has 33 heavy (non-hydrogen) atoms. The minimum Gasteiger partial charge on any atom is -0.479 e. The zero-order chi connectivity index (χ0) is 24.0. The molecule has 0 saturated heterocycles. The summed E-state index contributed by atoms with van der Waals surface area (Å²) < 4.78 is 10.7. The van der Waals surface area contributed by atoms with Crippen molar-refractivity contribution in [3.63, 3.8) is 0 Å². The highest BCUT2D eigenvalue weighted by molar-refractivity contribution is 5.81. The van der Waals surface area contributed by atoms with E-state index < -0.39 is 36.2 Å². The molecule has 0 aromatic heterocycles. The van der Waals surface area contributed by atoms with Crippen LogP contribution in [-0.2, 0) is 19.1 Å². The normalized spacial score (nSPS) is 15.0. The lowest BCUT2D eigenvalue weighted by Gasteiger charge is -2.20. The monoisotopic (exact) mass is 456 g/mol. The molecule has 9 nitrogen and oxygen atoms in total. The Balaban J connectivity index is 1.48. The second-order valence-electron chi connectivity index (χ2n) is 8.12. The van der Waals surface area contributed by atoms with Gasteiger partial charge in [0, 0.05) is 19.6 Å². The number of rotatable bonds is 10. The van der Waals surface area contributed by atoms with Gasteiger partial charge < -0.3 is 30.3 Å². The average molecular weight is 456 g/mol. The van der Waals surface area contributed by atoms with Crippen molar-refractivity contribution in [2.24, 2.45) is 0 Å². The molecule has 176 valence electrons. The number of benzene rings is 2. The maximum absolute atomic E-state index is 12.3. The zero-order valence-electron chi connectivity index (χ0n) is 18.5. The summed E-state index contributed by atoms with van der Waals surface area (Å²) in [5.41, 5.74) is 2.41. The molecule has 4 N–H and O–H groups in total. The van der Waals surface area contributed by atoms with Gasteiger partial charge in [0.1, 0.15) is 6.61 Å². The van der Waals surface area contributed by atoms with Crippen LogP contribution in [0.1, 0.15) is 30.4 Å². The molecule has 2 aromatic carbocycles. The fraction of sp³-hybridized carbons (Fsp3) is 0.375. The van der Waals surface area contributed by atoms with Crippen LogP contribution < -0.4 is 10.6 Å². The number of alkyl carbamates (subject to hydrolysis) is 1. The molecule has 0 aliphatic heterocycles. The van der Waals surface area contributed by atoms with Gasteiger partial charge in [0.25, 0.3) is 0 Å². The predicted molar refractivity (Wildman–Crippen MR) is 120 cm³/mol. The van der Waals surface area contributed by atoms with E-state index in [4.69, 9.17) is 14.6 Å². The van der Waals surface area contributed by atoms with Gasteiger partial charge in [-0.25, -0.2) is 9.59 Å². The van der Waals surface area contributed by atoms with Crippen molar-refractivity contribution in [1.82, 2.24) is 10.6 Å². The fourth-order valence-corrected chi connectivity index (χ4v) is 3.71. The topological polar surface area (TPSA) is 134 Å². The first-order valence-electron chi connectivity index (χ1n) is 10.6. The first-order chi connectivity index (χ1) is 15.7. The molecule has 0 fully saturated rings. The zero-order valence-corrected chi connectivity index (χ0v) is 18.5. The molecule has 2 amide bonds. The summed E-state index contributed by atoms with van der Waals surface area (Å²) >= 11 is 0. The Kier molecular flexibility index (Phi) is 7.67. The van der Waals surface area contributed by atoms with Crippen LogP contribution in [-0.4, -0.2) is 66.7 Å². The molecule has 2 atom stereocenters. The summed E-state index contributed by atoms with van der Waals surface area (Å²) in [5, 5.41) is 23.5. The van der Waals surface area contributed by atoms with Gasteiger partial charge >= 0.3 is 12.1 Å². The van der Waals surface area contributed by atoms with Crippen LogP contribution in [0, 0.1) is 0 Å². The third kappa shape index (κ3) is 5.88. The molecule has 0 bridgehead atoms. The van der Waals surface area contributed by atoms with Crippen LogP contribution in [0.4, 0.5) is 4.79 Å². The molecule has 0 saturated carbocycles. The number of ether oxygens (including phenoxy) is 2. The van der Waals surface area contributed by atoms with E-state index in [1.54, 1.807) is 0 Å². The molecule has 0 radical (unpaired) electrons. The molecule has 1 aliphatic rings. The molecular weight excluding hydrogens is 428 g/mol. The number of methoxy groups -OCH3 is 1. The van der Waals surface area contributed by atoms with E-state index in [1.165, 1.54) is 7.11 Å². The number of carbonyl (C=O) groups excluding carboxylic acids is 2. The standard InChI is InChI=1S/C24H28N2O7/c1-24(31,22(28)29)14-26-21(27)11-15(32-2)12-25-23(30)33-13-20-18-9-5-3-7-16(18)17-8-4-6-10-19(17)20/h3-10,15,20,31H,11-14H2,1-2H3,(H,25,30)(H,26,27)(H,28,29). The Morgan fingerprint density at radius 3 is 2.15 bits per heavy atom. The van der Waals surface area contributed by atoms with Crippen molar-refractivity contribution in [3.05, 3.63) is 59.7 Å². The summed E-state index contributed by atoms with van der Waals surface area (Å²) in [4.78, 5) is 35.2. The number of fused-ring (bicyclic) bond motifs is 3. The SMILES string of the molecule is COC(CNC(=O)OCC1c2ccccc2-c2ccccc21)CC(=O)NCC(C)(O)C(=O)O. The van der Waals surface area contributed by atoms with Crippen LogP contribution in [0.25, 0.3) is 11.1 Å². The number of carboxylic acid groups (broad SMARTS) is 1. The Morgan fingerprint density at radius 1 is 1.03 bits per heavy atom. The lowest BCUT2D eigenvalue weighted by atomic mass is 9.98. The average Bonchev–Trinajstić information content (AvgIpc) is 3.12. The van der Waals surface area contributed by atoms with Crippen molar-refractivity contribution in [1.29, 1.82) is 0 Å². The number of aliphatic carboxylic acids is 1. The Bertz CT molecular complexity index is 976. The van der Waals surface area contributed by atoms with Crippen LogP contribution >= 0.6 is 0 Å². The van der Waals surface area contributed by atoms with Crippen LogP contribution in [0.5, 0.6) is 0 Å². The Hall–Kier alpha value is -3.43. The number of hydrogen-bond acceptors (Lipinski definition) is 6. The predicted octanol–water partition coefficient (Wildman–Crippen LogP) is 1.88. The summed E-state index contributed by atoms with van der Waals surface area (Å²) in [6, 6.07) is 16.1. The number of carboxylic acids is 1. The van der Waals surface area contributed by atoms with Crippen molar-refractivity contribution in [3.8, 4) is 11.1 Å². The fourth-order valence-electron chi connectivity index (χ4n) is 3.71. The maximum atomic E-state index is 12.3. The van der Waals surface area contributed by atoms with Crippen molar-refractivity contribution in [2.45, 2.75) is 31.0 Å². The van der Waals surface area contributed by atoms with Gasteiger partial charge in [-0.3, -0.25) is 4.79 Å². The summed E-state index contributed by atoms with van der Waals surface area (Å²) in [6.45, 7) is 0.831. The van der Waals surface area contributed by atoms with Crippen molar-refractivity contribution in [2.75, 3.05) is 26.8 Å². The summed E-state index contributed by atoms with van der Waals surface area (Å²) in [5.74, 6) is -2.02. The van der Waals surface area contributed by atoms with Crippen LogP contribution in [0.15, 0.2) is 48.5 Å². The smallest absolute Gasteiger partial charge is 0.407 e. The molecule has 0 heterocycles. The molecular formula is C24H28N2O7. The second-order valence-corrected chi connectivity index (χ2v) is 8.12. The summed E-state index contributed by atoms with van der Waals surface area (Å²) in [6.07, 6.45) is -1.41. The third-order valence-electron chi connectivity index (χ3n) is 5.65. The molecule has 9 heteroatoms. The van der Waals surface area contributed by atoms with E-state index in [-0.39, 0.29) is 25.5 Å². The molecule has 1 aliphatic carbocycles.